The molecule has 0 aliphatic carbocycles. The van der Waals surface area contributed by atoms with Gasteiger partial charge in [-0.05, 0) is 49.2 Å². The fourth-order valence-corrected chi connectivity index (χ4v) is 3.21. The first-order chi connectivity index (χ1) is 14.4. The summed E-state index contributed by atoms with van der Waals surface area (Å²) in [5.74, 6) is -0.449. The topological polar surface area (TPSA) is 84.9 Å². The maximum absolute atomic E-state index is 13.0. The molecule has 154 valence electrons. The van der Waals surface area contributed by atoms with Crippen molar-refractivity contribution in [1.82, 2.24) is 5.32 Å². The molecule has 1 saturated heterocycles. The van der Waals surface area contributed by atoms with E-state index in [4.69, 9.17) is 9.47 Å². The molecule has 1 fully saturated rings. The molecule has 3 rings (SSSR count). The molecule has 0 aromatic heterocycles. The van der Waals surface area contributed by atoms with E-state index >= 15 is 0 Å². The van der Waals surface area contributed by atoms with Gasteiger partial charge in [0.25, 0.3) is 11.8 Å². The molecule has 0 unspecified atom stereocenters. The summed E-state index contributed by atoms with van der Waals surface area (Å²) in [6.07, 6.45) is 3.65. The molecule has 1 N–H and O–H groups in total. The summed E-state index contributed by atoms with van der Waals surface area (Å²) in [4.78, 5) is 38.7. The number of hydrogen-bond donors (Lipinski definition) is 1. The van der Waals surface area contributed by atoms with Gasteiger partial charge in [0.2, 0.25) is 0 Å². The number of hydrogen-bond acceptors (Lipinski definition) is 5. The third-order valence-corrected chi connectivity index (χ3v) is 4.65. The molecule has 1 heterocycles. The summed E-state index contributed by atoms with van der Waals surface area (Å²) in [6, 6.07) is 9.52. The molecular weight excluding hydrogens is 384 g/mol. The van der Waals surface area contributed by atoms with Crippen molar-refractivity contribution in [2.24, 2.45) is 0 Å². The lowest BCUT2D eigenvalue weighted by Crippen LogP contribution is -2.54. The Balaban J connectivity index is 2.07. The normalized spacial score (nSPS) is 15.2. The standard InChI is InChI=1S/C23H22N2O5/c1-5-6-16-11-15(13-19(29-3)20(16)30-4)12-18-21(26)24-23(28)25(22(18)27)17-9-7-14(2)8-10-17/h5,7-13H,1,6H2,2-4H3,(H,24,26,28)/b18-12+. The highest BCUT2D eigenvalue weighted by atomic mass is 16.5. The van der Waals surface area contributed by atoms with Crippen LogP contribution in [0.3, 0.4) is 0 Å². The zero-order valence-electron chi connectivity index (χ0n) is 17.0. The Labute approximate surface area is 174 Å². The summed E-state index contributed by atoms with van der Waals surface area (Å²) in [7, 11) is 3.04. The van der Waals surface area contributed by atoms with Gasteiger partial charge in [-0.1, -0.05) is 23.8 Å². The number of carbonyl (C=O) groups excluding carboxylic acids is 3. The van der Waals surface area contributed by atoms with Crippen LogP contribution in [0.1, 0.15) is 16.7 Å². The lowest BCUT2D eigenvalue weighted by molar-refractivity contribution is -0.122. The lowest BCUT2D eigenvalue weighted by atomic mass is 10.0. The second-order valence-electron chi connectivity index (χ2n) is 6.70. The van der Waals surface area contributed by atoms with Crippen molar-refractivity contribution in [3.8, 4) is 11.5 Å². The van der Waals surface area contributed by atoms with Crippen LogP contribution in [0.25, 0.3) is 6.08 Å². The summed E-state index contributed by atoms with van der Waals surface area (Å²) in [5, 5.41) is 2.22. The number of aryl methyl sites for hydroxylation is 1. The van der Waals surface area contributed by atoms with E-state index in [0.29, 0.717) is 29.2 Å². The number of benzene rings is 2. The second kappa shape index (κ2) is 8.65. The third-order valence-electron chi connectivity index (χ3n) is 4.65. The fourth-order valence-electron chi connectivity index (χ4n) is 3.21. The second-order valence-corrected chi connectivity index (χ2v) is 6.70. The molecule has 7 heteroatoms. The van der Waals surface area contributed by atoms with Crippen LogP contribution in [0, 0.1) is 6.92 Å². The Hall–Kier alpha value is -3.87. The van der Waals surface area contributed by atoms with E-state index in [1.54, 1.807) is 42.5 Å². The molecule has 7 nitrogen and oxygen atoms in total. The van der Waals surface area contributed by atoms with Gasteiger partial charge in [-0.3, -0.25) is 14.9 Å². The molecule has 0 saturated carbocycles. The molecule has 1 aliphatic heterocycles. The Bertz CT molecular complexity index is 1050. The maximum atomic E-state index is 13.0. The largest absolute Gasteiger partial charge is 0.493 e. The fraction of sp³-hybridized carbons (Fsp3) is 0.174. The van der Waals surface area contributed by atoms with Gasteiger partial charge in [-0.15, -0.1) is 6.58 Å². The number of imide groups is 2. The zero-order chi connectivity index (χ0) is 21.8. The first-order valence-corrected chi connectivity index (χ1v) is 9.23. The van der Waals surface area contributed by atoms with Gasteiger partial charge in [-0.2, -0.15) is 0 Å². The van der Waals surface area contributed by atoms with Crippen LogP contribution >= 0.6 is 0 Å². The average Bonchev–Trinajstić information content (AvgIpc) is 2.72. The van der Waals surface area contributed by atoms with Gasteiger partial charge in [0.05, 0.1) is 19.9 Å². The number of anilines is 1. The van der Waals surface area contributed by atoms with Crippen LogP contribution in [-0.4, -0.2) is 32.1 Å². The third kappa shape index (κ3) is 3.96. The quantitative estimate of drug-likeness (QED) is 0.451. The number of allylic oxidation sites excluding steroid dienone is 1. The van der Waals surface area contributed by atoms with E-state index in [1.807, 2.05) is 6.92 Å². The summed E-state index contributed by atoms with van der Waals surface area (Å²) in [6.45, 7) is 5.64. The molecule has 0 bridgehead atoms. The van der Waals surface area contributed by atoms with Crippen molar-refractivity contribution in [2.45, 2.75) is 13.3 Å². The van der Waals surface area contributed by atoms with Crippen molar-refractivity contribution < 1.29 is 23.9 Å². The number of methoxy groups -OCH3 is 2. The lowest BCUT2D eigenvalue weighted by Gasteiger charge is -2.26. The number of ether oxygens (including phenoxy) is 2. The van der Waals surface area contributed by atoms with Gasteiger partial charge in [0, 0.05) is 5.56 Å². The van der Waals surface area contributed by atoms with Crippen LogP contribution in [-0.2, 0) is 16.0 Å². The number of urea groups is 1. The van der Waals surface area contributed by atoms with Crippen LogP contribution in [0.4, 0.5) is 10.5 Å². The van der Waals surface area contributed by atoms with Gasteiger partial charge in [-0.25, -0.2) is 9.69 Å². The van der Waals surface area contributed by atoms with E-state index in [0.717, 1.165) is 16.0 Å². The molecule has 4 amide bonds. The van der Waals surface area contributed by atoms with Gasteiger partial charge in [0.1, 0.15) is 5.57 Å². The van der Waals surface area contributed by atoms with E-state index in [1.165, 1.54) is 20.3 Å². The van der Waals surface area contributed by atoms with Crippen LogP contribution in [0.5, 0.6) is 11.5 Å². The molecule has 2 aromatic rings. The van der Waals surface area contributed by atoms with Crippen LogP contribution < -0.4 is 19.7 Å². The summed E-state index contributed by atoms with van der Waals surface area (Å²) >= 11 is 0. The van der Waals surface area contributed by atoms with Crippen LogP contribution in [0.2, 0.25) is 0 Å². The SMILES string of the molecule is C=CCc1cc(/C=C2\C(=O)NC(=O)N(c3ccc(C)cc3)C2=O)cc(OC)c1OC. The molecular formula is C23H22N2O5. The van der Waals surface area contributed by atoms with Crippen molar-refractivity contribution >= 4 is 29.6 Å². The molecule has 0 atom stereocenters. The number of nitrogens with zero attached hydrogens (tertiary/aromatic N) is 1. The maximum Gasteiger partial charge on any atom is 0.335 e. The first kappa shape index (κ1) is 20.9. The van der Waals surface area contributed by atoms with Crippen LogP contribution in [0.15, 0.2) is 54.6 Å². The van der Waals surface area contributed by atoms with E-state index in [9.17, 15) is 14.4 Å². The molecule has 1 aliphatic rings. The smallest absolute Gasteiger partial charge is 0.335 e. The molecule has 2 aromatic carbocycles. The number of barbiturate groups is 1. The van der Waals surface area contributed by atoms with Crippen molar-refractivity contribution in [2.75, 3.05) is 19.1 Å². The predicted molar refractivity (Wildman–Crippen MR) is 114 cm³/mol. The minimum absolute atomic E-state index is 0.160. The number of rotatable bonds is 6. The summed E-state index contributed by atoms with van der Waals surface area (Å²) in [5.41, 5.74) is 2.54. The number of nitrogens with one attached hydrogen (secondary N) is 1. The monoisotopic (exact) mass is 406 g/mol. The van der Waals surface area contributed by atoms with Crippen molar-refractivity contribution in [3.05, 3.63) is 71.3 Å². The van der Waals surface area contributed by atoms with Crippen molar-refractivity contribution in [3.63, 3.8) is 0 Å². The van der Waals surface area contributed by atoms with Gasteiger partial charge >= 0.3 is 6.03 Å². The van der Waals surface area contributed by atoms with E-state index < -0.39 is 17.8 Å². The first-order valence-electron chi connectivity index (χ1n) is 9.23. The Morgan fingerprint density at radius 1 is 1.07 bits per heavy atom. The summed E-state index contributed by atoms with van der Waals surface area (Å²) < 4.78 is 10.8. The highest BCUT2D eigenvalue weighted by Crippen LogP contribution is 2.34. The number of amides is 4. The predicted octanol–water partition coefficient (Wildman–Crippen LogP) is 3.41. The minimum Gasteiger partial charge on any atom is -0.493 e. The average molecular weight is 406 g/mol. The Morgan fingerprint density at radius 2 is 1.77 bits per heavy atom. The zero-order valence-corrected chi connectivity index (χ0v) is 17.0. The molecule has 30 heavy (non-hydrogen) atoms. The van der Waals surface area contributed by atoms with E-state index in [2.05, 4.69) is 11.9 Å². The minimum atomic E-state index is -0.786. The Morgan fingerprint density at radius 3 is 2.37 bits per heavy atom. The molecule has 0 radical (unpaired) electrons. The van der Waals surface area contributed by atoms with Gasteiger partial charge in [0.15, 0.2) is 11.5 Å². The number of carbonyl (C=O) groups is 3. The van der Waals surface area contributed by atoms with Crippen molar-refractivity contribution in [1.29, 1.82) is 0 Å². The van der Waals surface area contributed by atoms with E-state index in [-0.39, 0.29) is 5.57 Å². The Kier molecular flexibility index (Phi) is 6.01. The highest BCUT2D eigenvalue weighted by molar-refractivity contribution is 6.39. The van der Waals surface area contributed by atoms with Gasteiger partial charge < -0.3 is 9.47 Å². The molecule has 0 spiro atoms. The highest BCUT2D eigenvalue weighted by Gasteiger charge is 2.36.